The Labute approximate surface area is 222 Å². The number of ketones is 1. The molecule has 1 aliphatic rings. The Morgan fingerprint density at radius 2 is 1.89 bits per heavy atom. The minimum absolute atomic E-state index is 0.0569. The van der Waals surface area contributed by atoms with Crippen LogP contribution in [0.15, 0.2) is 48.5 Å². The number of carbonyl (C=O) groups is 1. The normalized spacial score (nSPS) is 14.9. The van der Waals surface area contributed by atoms with Crippen LogP contribution >= 0.6 is 0 Å². The van der Waals surface area contributed by atoms with Crippen LogP contribution in [0.25, 0.3) is 11.3 Å². The molecule has 3 N–H and O–H groups in total. The number of benzene rings is 2. The van der Waals surface area contributed by atoms with Gasteiger partial charge >= 0.3 is 0 Å². The highest BCUT2D eigenvalue weighted by Crippen LogP contribution is 2.36. The standard InChI is InChI=1S/C30H32FN3O4/c1-29(2,33)21-15-24(18-5-9-23(31)20(13-18)17-32)34-28(16-21)30(3,36)12-11-25(35)19-6-10-26(27(14-19)37-4)38-22-7-8-22/h5-6,9-10,13-16,22,36H,7-8,11-12,33H2,1-4H3. The first-order valence-electron chi connectivity index (χ1n) is 12.5. The SMILES string of the molecule is COc1cc(C(=O)CCC(C)(O)c2cc(C(C)(C)N)cc(-c3ccc(F)c(C#N)c3)n2)ccc1OC1CC1. The number of pyridine rings is 1. The smallest absolute Gasteiger partial charge is 0.163 e. The van der Waals surface area contributed by atoms with Crippen LogP contribution in [0.3, 0.4) is 0 Å². The molecular weight excluding hydrogens is 485 g/mol. The van der Waals surface area contributed by atoms with Crippen LogP contribution in [0.2, 0.25) is 0 Å². The van der Waals surface area contributed by atoms with Crippen molar-refractivity contribution in [3.63, 3.8) is 0 Å². The third-order valence-electron chi connectivity index (χ3n) is 6.65. The molecule has 3 aromatic rings. The Kier molecular flexibility index (Phi) is 7.54. The second kappa shape index (κ2) is 10.5. The van der Waals surface area contributed by atoms with Crippen molar-refractivity contribution in [3.8, 4) is 28.8 Å². The molecule has 0 saturated heterocycles. The number of hydrogen-bond acceptors (Lipinski definition) is 7. The fourth-order valence-corrected chi connectivity index (χ4v) is 4.03. The number of carbonyl (C=O) groups excluding carboxylic acids is 1. The molecule has 1 heterocycles. The maximum absolute atomic E-state index is 13.9. The van der Waals surface area contributed by atoms with E-state index in [0.29, 0.717) is 39.6 Å². The van der Waals surface area contributed by atoms with E-state index in [1.807, 2.05) is 19.9 Å². The third-order valence-corrected chi connectivity index (χ3v) is 6.65. The number of nitrogens with two attached hydrogens (primary N) is 1. The minimum Gasteiger partial charge on any atom is -0.493 e. The van der Waals surface area contributed by atoms with Crippen molar-refractivity contribution in [2.75, 3.05) is 7.11 Å². The van der Waals surface area contributed by atoms with Gasteiger partial charge in [0.1, 0.15) is 17.5 Å². The first kappa shape index (κ1) is 27.2. The molecule has 1 aromatic heterocycles. The van der Waals surface area contributed by atoms with Crippen molar-refractivity contribution >= 4 is 5.78 Å². The summed E-state index contributed by atoms with van der Waals surface area (Å²) in [5, 5.41) is 20.7. The summed E-state index contributed by atoms with van der Waals surface area (Å²) in [6, 6.07) is 14.6. The Hall–Kier alpha value is -3.80. The van der Waals surface area contributed by atoms with Crippen LogP contribution in [-0.4, -0.2) is 29.1 Å². The van der Waals surface area contributed by atoms with E-state index in [9.17, 15) is 19.6 Å². The molecule has 0 amide bonds. The van der Waals surface area contributed by atoms with Gasteiger partial charge in [-0.2, -0.15) is 5.26 Å². The predicted molar refractivity (Wildman–Crippen MR) is 141 cm³/mol. The zero-order valence-corrected chi connectivity index (χ0v) is 22.0. The molecule has 38 heavy (non-hydrogen) atoms. The maximum atomic E-state index is 13.9. The van der Waals surface area contributed by atoms with Crippen LogP contribution in [-0.2, 0) is 11.1 Å². The van der Waals surface area contributed by atoms with Gasteiger partial charge in [0, 0.05) is 23.1 Å². The summed E-state index contributed by atoms with van der Waals surface area (Å²) in [4.78, 5) is 17.7. The number of aromatic nitrogens is 1. The summed E-state index contributed by atoms with van der Waals surface area (Å²) in [6.07, 6.45) is 2.38. The molecule has 8 heteroatoms. The summed E-state index contributed by atoms with van der Waals surface area (Å²) in [7, 11) is 1.53. The highest BCUT2D eigenvalue weighted by molar-refractivity contribution is 5.96. The molecule has 4 rings (SSSR count). The van der Waals surface area contributed by atoms with Gasteiger partial charge in [0.15, 0.2) is 17.3 Å². The molecule has 1 saturated carbocycles. The third kappa shape index (κ3) is 6.18. The van der Waals surface area contributed by atoms with Crippen LogP contribution in [0.4, 0.5) is 4.39 Å². The number of methoxy groups -OCH3 is 1. The Morgan fingerprint density at radius 1 is 1.16 bits per heavy atom. The molecule has 198 valence electrons. The van der Waals surface area contributed by atoms with Gasteiger partial charge in [0.05, 0.1) is 30.2 Å². The van der Waals surface area contributed by atoms with Crippen molar-refractivity contribution in [1.82, 2.24) is 4.98 Å². The molecular formula is C30H32FN3O4. The fraction of sp³-hybridized carbons (Fsp3) is 0.367. The van der Waals surface area contributed by atoms with Crippen molar-refractivity contribution < 1.29 is 23.8 Å². The zero-order chi connectivity index (χ0) is 27.7. The molecule has 0 bridgehead atoms. The summed E-state index contributed by atoms with van der Waals surface area (Å²) in [6.45, 7) is 5.24. The Balaban J connectivity index is 1.59. The average molecular weight is 518 g/mol. The molecule has 0 spiro atoms. The van der Waals surface area contributed by atoms with Gasteiger partial charge in [0.2, 0.25) is 0 Å². The van der Waals surface area contributed by atoms with Gasteiger partial charge in [-0.05, 0) is 94.1 Å². The summed E-state index contributed by atoms with van der Waals surface area (Å²) < 4.78 is 25.2. The largest absolute Gasteiger partial charge is 0.493 e. The van der Waals surface area contributed by atoms with E-state index >= 15 is 0 Å². The second-order valence-electron chi connectivity index (χ2n) is 10.5. The minimum atomic E-state index is -1.47. The van der Waals surface area contributed by atoms with Crippen LogP contribution < -0.4 is 15.2 Å². The molecule has 1 unspecified atom stereocenters. The van der Waals surface area contributed by atoms with Gasteiger partial charge in [0.25, 0.3) is 0 Å². The van der Waals surface area contributed by atoms with Crippen molar-refractivity contribution in [1.29, 1.82) is 5.26 Å². The van der Waals surface area contributed by atoms with Gasteiger partial charge in [-0.25, -0.2) is 9.37 Å². The molecule has 1 aliphatic carbocycles. The number of halogens is 1. The number of nitrogens with zero attached hydrogens (tertiary/aromatic N) is 2. The van der Waals surface area contributed by atoms with E-state index in [1.165, 1.54) is 25.3 Å². The van der Waals surface area contributed by atoms with Crippen LogP contribution in [0.5, 0.6) is 11.5 Å². The lowest BCUT2D eigenvalue weighted by atomic mass is 9.88. The number of Topliss-reactive ketones (excluding diaryl/α,β-unsaturated/α-hetero) is 1. The Bertz CT molecular complexity index is 1400. The van der Waals surface area contributed by atoms with E-state index < -0.39 is 17.0 Å². The van der Waals surface area contributed by atoms with Crippen LogP contribution in [0.1, 0.15) is 73.6 Å². The molecule has 1 fully saturated rings. The number of nitriles is 1. The fourth-order valence-electron chi connectivity index (χ4n) is 4.03. The van der Waals surface area contributed by atoms with Gasteiger partial charge in [-0.1, -0.05) is 0 Å². The van der Waals surface area contributed by atoms with E-state index in [0.717, 1.165) is 12.8 Å². The number of hydrogen-bond donors (Lipinski definition) is 2. The molecule has 0 radical (unpaired) electrons. The molecule has 1 atom stereocenters. The monoisotopic (exact) mass is 517 g/mol. The van der Waals surface area contributed by atoms with Gasteiger partial charge in [-0.3, -0.25) is 4.79 Å². The molecule has 0 aliphatic heterocycles. The molecule has 7 nitrogen and oxygen atoms in total. The first-order chi connectivity index (χ1) is 17.9. The van der Waals surface area contributed by atoms with E-state index in [4.69, 9.17) is 15.2 Å². The van der Waals surface area contributed by atoms with Crippen molar-refractivity contribution in [2.45, 2.75) is 63.7 Å². The number of rotatable bonds is 10. The summed E-state index contributed by atoms with van der Waals surface area (Å²) in [5.41, 5.74) is 6.46. The first-order valence-corrected chi connectivity index (χ1v) is 12.5. The lowest BCUT2D eigenvalue weighted by Crippen LogP contribution is -2.31. The van der Waals surface area contributed by atoms with Crippen molar-refractivity contribution in [3.05, 3.63) is 76.7 Å². The van der Waals surface area contributed by atoms with Gasteiger partial charge in [-0.15, -0.1) is 0 Å². The lowest BCUT2D eigenvalue weighted by Gasteiger charge is -2.27. The van der Waals surface area contributed by atoms with Crippen molar-refractivity contribution in [2.24, 2.45) is 5.73 Å². The topological polar surface area (TPSA) is 118 Å². The highest BCUT2D eigenvalue weighted by Gasteiger charge is 2.30. The lowest BCUT2D eigenvalue weighted by molar-refractivity contribution is 0.0396. The average Bonchev–Trinajstić information content (AvgIpc) is 3.71. The Morgan fingerprint density at radius 3 is 2.53 bits per heavy atom. The maximum Gasteiger partial charge on any atom is 0.163 e. The van der Waals surface area contributed by atoms with Gasteiger partial charge < -0.3 is 20.3 Å². The number of ether oxygens (including phenoxy) is 2. The highest BCUT2D eigenvalue weighted by atomic mass is 19.1. The second-order valence-corrected chi connectivity index (χ2v) is 10.5. The quantitative estimate of drug-likeness (QED) is 0.347. The van der Waals surface area contributed by atoms with Crippen LogP contribution in [0, 0.1) is 17.1 Å². The summed E-state index contributed by atoms with van der Waals surface area (Å²) >= 11 is 0. The van der Waals surface area contributed by atoms with E-state index in [2.05, 4.69) is 4.98 Å². The molecule has 2 aromatic carbocycles. The summed E-state index contributed by atoms with van der Waals surface area (Å²) in [5.74, 6) is 0.321. The van der Waals surface area contributed by atoms with E-state index in [1.54, 1.807) is 37.3 Å². The number of aliphatic hydroxyl groups is 1. The van der Waals surface area contributed by atoms with E-state index in [-0.39, 0.29) is 30.3 Å². The predicted octanol–water partition coefficient (Wildman–Crippen LogP) is 5.37. The zero-order valence-electron chi connectivity index (χ0n) is 22.0.